The van der Waals surface area contributed by atoms with E-state index in [4.69, 9.17) is 0 Å². The monoisotopic (exact) mass is 407 g/mol. The third kappa shape index (κ3) is 5.17. The van der Waals surface area contributed by atoms with Gasteiger partial charge in [0, 0.05) is 45.5 Å². The third-order valence-corrected chi connectivity index (χ3v) is 5.11. The standard InChI is InChI=1S/C23H29N5O2/c1-24-23(25-15-17-10-12-19(13-11-17)22(30)27(2)3)26-16-21(29)28-14-6-8-18-7-4-5-9-20(18)28/h4-5,7,9-13H,6,8,14-16H2,1-3H3,(H2,24,25,26). The molecule has 7 nitrogen and oxygen atoms in total. The number of benzene rings is 2. The number of para-hydroxylation sites is 1. The lowest BCUT2D eigenvalue weighted by Gasteiger charge is -2.29. The van der Waals surface area contributed by atoms with Gasteiger partial charge in [0.2, 0.25) is 5.91 Å². The van der Waals surface area contributed by atoms with Crippen LogP contribution >= 0.6 is 0 Å². The van der Waals surface area contributed by atoms with Gasteiger partial charge in [0.25, 0.3) is 5.91 Å². The van der Waals surface area contributed by atoms with Crippen LogP contribution in [0.4, 0.5) is 5.69 Å². The average molecular weight is 408 g/mol. The van der Waals surface area contributed by atoms with Crippen molar-refractivity contribution in [3.05, 3.63) is 65.2 Å². The quantitative estimate of drug-likeness (QED) is 0.587. The van der Waals surface area contributed by atoms with E-state index in [1.807, 2.05) is 47.4 Å². The number of nitrogens with zero attached hydrogens (tertiary/aromatic N) is 3. The minimum absolute atomic E-state index is 0.0233. The van der Waals surface area contributed by atoms with E-state index in [1.165, 1.54) is 5.56 Å². The molecular weight excluding hydrogens is 378 g/mol. The maximum absolute atomic E-state index is 12.8. The van der Waals surface area contributed by atoms with E-state index in [9.17, 15) is 9.59 Å². The molecule has 158 valence electrons. The van der Waals surface area contributed by atoms with Gasteiger partial charge in [-0.1, -0.05) is 30.3 Å². The van der Waals surface area contributed by atoms with Gasteiger partial charge in [-0.2, -0.15) is 0 Å². The van der Waals surface area contributed by atoms with Crippen molar-refractivity contribution >= 4 is 23.5 Å². The van der Waals surface area contributed by atoms with Crippen molar-refractivity contribution in [3.63, 3.8) is 0 Å². The maximum atomic E-state index is 12.8. The molecule has 0 radical (unpaired) electrons. The van der Waals surface area contributed by atoms with Crippen molar-refractivity contribution in [2.75, 3.05) is 39.1 Å². The zero-order valence-electron chi connectivity index (χ0n) is 17.8. The molecule has 0 unspecified atom stereocenters. The molecule has 0 saturated heterocycles. The molecule has 2 N–H and O–H groups in total. The number of fused-ring (bicyclic) bond motifs is 1. The Labute approximate surface area is 177 Å². The maximum Gasteiger partial charge on any atom is 0.253 e. The Bertz CT molecular complexity index is 921. The SMILES string of the molecule is CN=C(NCC(=O)N1CCCc2ccccc21)NCc1ccc(C(=O)N(C)C)cc1. The summed E-state index contributed by atoms with van der Waals surface area (Å²) in [6, 6.07) is 15.5. The highest BCUT2D eigenvalue weighted by Gasteiger charge is 2.21. The number of aryl methyl sites for hydroxylation is 1. The molecule has 3 rings (SSSR count). The number of carbonyl (C=O) groups excluding carboxylic acids is 2. The van der Waals surface area contributed by atoms with Crippen molar-refractivity contribution in [2.45, 2.75) is 19.4 Å². The molecule has 7 heteroatoms. The van der Waals surface area contributed by atoms with Gasteiger partial charge in [-0.15, -0.1) is 0 Å². The molecule has 30 heavy (non-hydrogen) atoms. The van der Waals surface area contributed by atoms with Crippen LogP contribution in [0.2, 0.25) is 0 Å². The van der Waals surface area contributed by atoms with Crippen LogP contribution in [0.25, 0.3) is 0 Å². The number of hydrogen-bond donors (Lipinski definition) is 2. The summed E-state index contributed by atoms with van der Waals surface area (Å²) in [6.07, 6.45) is 1.98. The lowest BCUT2D eigenvalue weighted by atomic mass is 10.0. The van der Waals surface area contributed by atoms with Crippen LogP contribution in [0.5, 0.6) is 0 Å². The predicted molar refractivity (Wildman–Crippen MR) is 120 cm³/mol. The van der Waals surface area contributed by atoms with Crippen LogP contribution in [0, 0.1) is 0 Å². The van der Waals surface area contributed by atoms with Gasteiger partial charge in [-0.05, 0) is 42.2 Å². The number of hydrogen-bond acceptors (Lipinski definition) is 3. The van der Waals surface area contributed by atoms with Crippen molar-refractivity contribution in [2.24, 2.45) is 4.99 Å². The summed E-state index contributed by atoms with van der Waals surface area (Å²) in [6.45, 7) is 1.45. The van der Waals surface area contributed by atoms with Gasteiger partial charge >= 0.3 is 0 Å². The highest BCUT2D eigenvalue weighted by molar-refractivity contribution is 5.98. The van der Waals surface area contributed by atoms with Crippen LogP contribution in [-0.4, -0.2) is 56.9 Å². The first-order chi connectivity index (χ1) is 14.5. The topological polar surface area (TPSA) is 77.0 Å². The summed E-state index contributed by atoms with van der Waals surface area (Å²) in [4.78, 5) is 32.3. The van der Waals surface area contributed by atoms with Crippen LogP contribution in [0.3, 0.4) is 0 Å². The first kappa shape index (κ1) is 21.4. The number of anilines is 1. The lowest BCUT2D eigenvalue weighted by Crippen LogP contribution is -2.45. The molecule has 0 bridgehead atoms. The smallest absolute Gasteiger partial charge is 0.253 e. The first-order valence-electron chi connectivity index (χ1n) is 10.1. The van der Waals surface area contributed by atoms with E-state index in [0.717, 1.165) is 30.6 Å². The number of guanidine groups is 1. The van der Waals surface area contributed by atoms with Crippen LogP contribution in [-0.2, 0) is 17.8 Å². The van der Waals surface area contributed by atoms with Crippen molar-refractivity contribution in [3.8, 4) is 0 Å². The summed E-state index contributed by atoms with van der Waals surface area (Å²) in [5.41, 5.74) is 3.89. The second-order valence-corrected chi connectivity index (χ2v) is 7.45. The molecule has 0 saturated carbocycles. The summed E-state index contributed by atoms with van der Waals surface area (Å²) < 4.78 is 0. The molecule has 1 heterocycles. The van der Waals surface area contributed by atoms with Gasteiger partial charge < -0.3 is 20.4 Å². The second kappa shape index (κ2) is 9.91. The average Bonchev–Trinajstić information content (AvgIpc) is 2.78. The Morgan fingerprint density at radius 3 is 2.50 bits per heavy atom. The van der Waals surface area contributed by atoms with E-state index in [1.54, 1.807) is 26.0 Å². The highest BCUT2D eigenvalue weighted by atomic mass is 16.2. The van der Waals surface area contributed by atoms with Crippen LogP contribution < -0.4 is 15.5 Å². The van der Waals surface area contributed by atoms with E-state index >= 15 is 0 Å². The number of carbonyl (C=O) groups is 2. The molecule has 1 aliphatic rings. The fourth-order valence-electron chi connectivity index (χ4n) is 3.48. The van der Waals surface area contributed by atoms with Gasteiger partial charge in [0.1, 0.15) is 0 Å². The zero-order chi connectivity index (χ0) is 21.5. The summed E-state index contributed by atoms with van der Waals surface area (Å²) in [5.74, 6) is 0.559. The van der Waals surface area contributed by atoms with Crippen LogP contribution in [0.15, 0.2) is 53.5 Å². The van der Waals surface area contributed by atoms with Gasteiger partial charge in [-0.25, -0.2) is 0 Å². The van der Waals surface area contributed by atoms with E-state index in [2.05, 4.69) is 21.7 Å². The number of rotatable bonds is 5. The molecule has 0 atom stereocenters. The minimum Gasteiger partial charge on any atom is -0.352 e. The largest absolute Gasteiger partial charge is 0.352 e. The highest BCUT2D eigenvalue weighted by Crippen LogP contribution is 2.26. The Hall–Kier alpha value is -3.35. The number of nitrogens with one attached hydrogen (secondary N) is 2. The fraction of sp³-hybridized carbons (Fsp3) is 0.348. The molecule has 0 aliphatic carbocycles. The molecule has 0 spiro atoms. The Morgan fingerprint density at radius 2 is 1.80 bits per heavy atom. The molecule has 2 amide bonds. The second-order valence-electron chi connectivity index (χ2n) is 7.45. The van der Waals surface area contributed by atoms with Gasteiger partial charge in [-0.3, -0.25) is 14.6 Å². The molecule has 1 aliphatic heterocycles. The van der Waals surface area contributed by atoms with Crippen LogP contribution in [0.1, 0.15) is 27.9 Å². The fourth-order valence-corrected chi connectivity index (χ4v) is 3.48. The minimum atomic E-state index is -0.0233. The van der Waals surface area contributed by atoms with E-state index in [-0.39, 0.29) is 18.4 Å². The van der Waals surface area contributed by atoms with Crippen molar-refractivity contribution in [1.29, 1.82) is 0 Å². The predicted octanol–water partition coefficient (Wildman–Crippen LogP) is 2.03. The summed E-state index contributed by atoms with van der Waals surface area (Å²) >= 11 is 0. The zero-order valence-corrected chi connectivity index (χ0v) is 17.8. The molecular formula is C23H29N5O2. The van der Waals surface area contributed by atoms with E-state index in [0.29, 0.717) is 18.1 Å². The Kier molecular flexibility index (Phi) is 7.06. The lowest BCUT2D eigenvalue weighted by molar-refractivity contribution is -0.117. The first-order valence-corrected chi connectivity index (χ1v) is 10.1. The van der Waals surface area contributed by atoms with Crippen molar-refractivity contribution < 1.29 is 9.59 Å². The van der Waals surface area contributed by atoms with Gasteiger partial charge in [0.15, 0.2) is 5.96 Å². The summed E-state index contributed by atoms with van der Waals surface area (Å²) in [7, 11) is 5.14. The third-order valence-electron chi connectivity index (χ3n) is 5.11. The summed E-state index contributed by atoms with van der Waals surface area (Å²) in [5, 5.41) is 6.31. The van der Waals surface area contributed by atoms with Gasteiger partial charge in [0.05, 0.1) is 6.54 Å². The Balaban J connectivity index is 1.52. The van der Waals surface area contributed by atoms with E-state index < -0.39 is 0 Å². The molecule has 2 aromatic carbocycles. The molecule has 0 fully saturated rings. The number of aliphatic imine (C=N–C) groups is 1. The normalized spacial score (nSPS) is 13.4. The molecule has 2 aromatic rings. The molecule has 0 aromatic heterocycles. The number of amides is 2. The Morgan fingerprint density at radius 1 is 1.07 bits per heavy atom. The van der Waals surface area contributed by atoms with Crippen molar-refractivity contribution in [1.82, 2.24) is 15.5 Å².